The van der Waals surface area contributed by atoms with Gasteiger partial charge >= 0.3 is 5.97 Å². The summed E-state index contributed by atoms with van der Waals surface area (Å²) in [6.45, 7) is 10.3. The van der Waals surface area contributed by atoms with Gasteiger partial charge in [0, 0.05) is 0 Å². The summed E-state index contributed by atoms with van der Waals surface area (Å²) in [5.74, 6) is -0.656. The van der Waals surface area contributed by atoms with Crippen LogP contribution < -0.4 is 4.72 Å². The second-order valence-electron chi connectivity index (χ2n) is 5.61. The quantitative estimate of drug-likeness (QED) is 0.762. The molecule has 0 radical (unpaired) electrons. The van der Waals surface area contributed by atoms with E-state index in [0.29, 0.717) is 19.8 Å². The number of carbonyl (C=O) groups is 1. The standard InChI is InChI=1S/C12H23NO4S/c1-6-17-10(14)9(2)12(7-16-8-12)13-18(15)11(3,4)5/h9,13H,6-8H2,1-5H3/t9-,18-/m1/s1. The fourth-order valence-electron chi connectivity index (χ4n) is 1.55. The Morgan fingerprint density at radius 2 is 2.06 bits per heavy atom. The molecule has 0 saturated carbocycles. The molecule has 0 spiro atoms. The van der Waals surface area contributed by atoms with Gasteiger partial charge in [0.25, 0.3) is 0 Å². The summed E-state index contributed by atoms with van der Waals surface area (Å²) >= 11 is 0. The van der Waals surface area contributed by atoms with Crippen LogP contribution in [0.1, 0.15) is 34.6 Å². The Kier molecular flexibility index (Phi) is 4.91. The van der Waals surface area contributed by atoms with Crippen molar-refractivity contribution < 1.29 is 18.5 Å². The molecule has 106 valence electrons. The number of ether oxygens (including phenoxy) is 2. The third kappa shape index (κ3) is 3.30. The van der Waals surface area contributed by atoms with E-state index >= 15 is 0 Å². The molecular formula is C12H23NO4S. The van der Waals surface area contributed by atoms with Crippen LogP contribution in [-0.2, 0) is 25.3 Å². The number of nitrogens with one attached hydrogen (secondary N) is 1. The van der Waals surface area contributed by atoms with Crippen LogP contribution in [0.15, 0.2) is 0 Å². The van der Waals surface area contributed by atoms with Gasteiger partial charge in [-0.1, -0.05) is 0 Å². The van der Waals surface area contributed by atoms with Crippen LogP contribution in [0.4, 0.5) is 0 Å². The SMILES string of the molecule is CCOC(=O)[C@@H](C)C1(N[S@](=O)C(C)(C)C)COC1. The van der Waals surface area contributed by atoms with Gasteiger partial charge in [-0.05, 0) is 34.6 Å². The van der Waals surface area contributed by atoms with Crippen LogP contribution in [0.2, 0.25) is 0 Å². The molecule has 1 fully saturated rings. The highest BCUT2D eigenvalue weighted by Gasteiger charge is 2.49. The van der Waals surface area contributed by atoms with Crippen LogP contribution in [0, 0.1) is 5.92 Å². The molecule has 0 aliphatic carbocycles. The summed E-state index contributed by atoms with van der Waals surface area (Å²) < 4.78 is 25.0. The summed E-state index contributed by atoms with van der Waals surface area (Å²) in [7, 11) is -1.23. The molecule has 1 heterocycles. The van der Waals surface area contributed by atoms with Gasteiger partial charge < -0.3 is 9.47 Å². The zero-order valence-corrected chi connectivity index (χ0v) is 12.6. The average molecular weight is 277 g/mol. The van der Waals surface area contributed by atoms with Crippen molar-refractivity contribution in [2.45, 2.75) is 44.9 Å². The van der Waals surface area contributed by atoms with Gasteiger partial charge in [-0.2, -0.15) is 0 Å². The van der Waals surface area contributed by atoms with E-state index in [1.807, 2.05) is 20.8 Å². The first-order valence-electron chi connectivity index (χ1n) is 6.17. The minimum absolute atomic E-state index is 0.279. The number of carbonyl (C=O) groups excluding carboxylic acids is 1. The highest BCUT2D eigenvalue weighted by atomic mass is 32.2. The Balaban J connectivity index is 2.74. The Morgan fingerprint density at radius 1 is 1.50 bits per heavy atom. The van der Waals surface area contributed by atoms with Crippen molar-refractivity contribution in [2.75, 3.05) is 19.8 Å². The summed E-state index contributed by atoms with van der Waals surface area (Å²) in [5, 5.41) is 0. The number of rotatable bonds is 5. The molecule has 1 saturated heterocycles. The summed E-state index contributed by atoms with van der Waals surface area (Å²) in [6.07, 6.45) is 0. The van der Waals surface area contributed by atoms with Crippen molar-refractivity contribution in [3.05, 3.63) is 0 Å². The number of hydrogen-bond donors (Lipinski definition) is 1. The molecule has 2 atom stereocenters. The molecule has 0 aromatic rings. The van der Waals surface area contributed by atoms with Crippen molar-refractivity contribution in [1.29, 1.82) is 0 Å². The Labute approximate surface area is 111 Å². The third-order valence-corrected chi connectivity index (χ3v) is 4.74. The summed E-state index contributed by atoms with van der Waals surface area (Å²) in [5.41, 5.74) is -0.565. The lowest BCUT2D eigenvalue weighted by atomic mass is 9.84. The predicted octanol–water partition coefficient (Wildman–Crippen LogP) is 1.01. The van der Waals surface area contributed by atoms with Crippen LogP contribution in [0.5, 0.6) is 0 Å². The zero-order chi connectivity index (χ0) is 14.0. The molecule has 1 aliphatic heterocycles. The maximum Gasteiger partial charge on any atom is 0.310 e. The highest BCUT2D eigenvalue weighted by Crippen LogP contribution is 2.29. The van der Waals surface area contributed by atoms with Gasteiger partial charge in [0.2, 0.25) is 0 Å². The molecule has 6 heteroatoms. The Bertz CT molecular complexity index is 333. The van der Waals surface area contributed by atoms with E-state index in [0.717, 1.165) is 0 Å². The minimum atomic E-state index is -1.23. The van der Waals surface area contributed by atoms with E-state index in [4.69, 9.17) is 9.47 Å². The lowest BCUT2D eigenvalue weighted by Gasteiger charge is -2.45. The third-order valence-electron chi connectivity index (χ3n) is 3.04. The second kappa shape index (κ2) is 5.67. The predicted molar refractivity (Wildman–Crippen MR) is 70.4 cm³/mol. The van der Waals surface area contributed by atoms with Gasteiger partial charge in [-0.3, -0.25) is 4.79 Å². The van der Waals surface area contributed by atoms with Crippen LogP contribution in [0.25, 0.3) is 0 Å². The maximum absolute atomic E-state index is 12.2. The van der Waals surface area contributed by atoms with Gasteiger partial charge in [0.15, 0.2) is 0 Å². The van der Waals surface area contributed by atoms with Crippen molar-refractivity contribution in [3.8, 4) is 0 Å². The summed E-state index contributed by atoms with van der Waals surface area (Å²) in [6, 6.07) is 0. The molecule has 1 N–H and O–H groups in total. The van der Waals surface area contributed by atoms with E-state index in [2.05, 4.69) is 4.72 Å². The average Bonchev–Trinajstić information content (AvgIpc) is 2.21. The molecule has 1 rings (SSSR count). The first-order valence-corrected chi connectivity index (χ1v) is 7.32. The Hall–Kier alpha value is -0.460. The molecule has 18 heavy (non-hydrogen) atoms. The minimum Gasteiger partial charge on any atom is -0.466 e. The van der Waals surface area contributed by atoms with Crippen molar-refractivity contribution in [3.63, 3.8) is 0 Å². The van der Waals surface area contributed by atoms with Crippen LogP contribution in [0.3, 0.4) is 0 Å². The lowest BCUT2D eigenvalue weighted by molar-refractivity contribution is -0.161. The monoisotopic (exact) mass is 277 g/mol. The molecular weight excluding hydrogens is 254 g/mol. The van der Waals surface area contributed by atoms with Crippen LogP contribution >= 0.6 is 0 Å². The first-order chi connectivity index (χ1) is 8.23. The van der Waals surface area contributed by atoms with Gasteiger partial charge in [0.05, 0.1) is 47.0 Å². The molecule has 0 amide bonds. The molecule has 0 aromatic carbocycles. The maximum atomic E-state index is 12.2. The molecule has 1 aliphatic rings. The van der Waals surface area contributed by atoms with Crippen molar-refractivity contribution in [2.24, 2.45) is 5.92 Å². The fraction of sp³-hybridized carbons (Fsp3) is 0.917. The fourth-order valence-corrected chi connectivity index (χ4v) is 2.52. The molecule has 0 unspecified atom stereocenters. The van der Waals surface area contributed by atoms with E-state index in [1.165, 1.54) is 0 Å². The smallest absolute Gasteiger partial charge is 0.310 e. The van der Waals surface area contributed by atoms with E-state index in [-0.39, 0.29) is 16.6 Å². The van der Waals surface area contributed by atoms with Gasteiger partial charge in [-0.25, -0.2) is 8.93 Å². The van der Waals surface area contributed by atoms with Crippen molar-refractivity contribution >= 4 is 17.0 Å². The molecule has 5 nitrogen and oxygen atoms in total. The molecule has 0 bridgehead atoms. The normalized spacial score (nSPS) is 21.8. The van der Waals surface area contributed by atoms with Gasteiger partial charge in [0.1, 0.15) is 0 Å². The molecule has 0 aromatic heterocycles. The number of hydrogen-bond acceptors (Lipinski definition) is 4. The zero-order valence-electron chi connectivity index (χ0n) is 11.7. The topological polar surface area (TPSA) is 64.6 Å². The van der Waals surface area contributed by atoms with Gasteiger partial charge in [-0.15, -0.1) is 0 Å². The van der Waals surface area contributed by atoms with E-state index in [1.54, 1.807) is 13.8 Å². The van der Waals surface area contributed by atoms with E-state index < -0.39 is 16.5 Å². The summed E-state index contributed by atoms with van der Waals surface area (Å²) in [4.78, 5) is 11.8. The van der Waals surface area contributed by atoms with Crippen LogP contribution in [-0.4, -0.2) is 40.3 Å². The number of esters is 1. The Morgan fingerprint density at radius 3 is 2.39 bits per heavy atom. The lowest BCUT2D eigenvalue weighted by Crippen LogP contribution is -2.67. The van der Waals surface area contributed by atoms with E-state index in [9.17, 15) is 9.00 Å². The second-order valence-corrected chi connectivity index (χ2v) is 7.57. The largest absolute Gasteiger partial charge is 0.466 e. The highest BCUT2D eigenvalue weighted by molar-refractivity contribution is 7.84. The van der Waals surface area contributed by atoms with Crippen molar-refractivity contribution in [1.82, 2.24) is 4.72 Å². The first kappa shape index (κ1) is 15.6.